The Morgan fingerprint density at radius 2 is 1.74 bits per heavy atom. The Morgan fingerprint density at radius 3 is 2.16 bits per heavy atom. The van der Waals surface area contributed by atoms with Gasteiger partial charge in [-0.05, 0) is 18.9 Å². The van der Waals surface area contributed by atoms with Crippen molar-refractivity contribution in [1.82, 2.24) is 9.80 Å². The van der Waals surface area contributed by atoms with E-state index in [9.17, 15) is 14.4 Å². The van der Waals surface area contributed by atoms with Gasteiger partial charge in [-0.2, -0.15) is 0 Å². The largest absolute Gasteiger partial charge is 0.479 e. The van der Waals surface area contributed by atoms with Gasteiger partial charge in [-0.3, -0.25) is 4.79 Å². The van der Waals surface area contributed by atoms with E-state index in [1.807, 2.05) is 0 Å². The summed E-state index contributed by atoms with van der Waals surface area (Å²) in [7, 11) is 6.17. The molecule has 1 unspecified atom stereocenters. The Morgan fingerprint density at radius 1 is 1.16 bits per heavy atom. The van der Waals surface area contributed by atoms with Gasteiger partial charge in [-0.15, -0.1) is 0 Å². The lowest BCUT2D eigenvalue weighted by molar-refractivity contribution is -0.147. The van der Waals surface area contributed by atoms with Crippen molar-refractivity contribution < 1.29 is 24.2 Å². The molecule has 0 aromatic heterocycles. The van der Waals surface area contributed by atoms with Crippen LogP contribution in [-0.2, 0) is 14.3 Å². The highest BCUT2D eigenvalue weighted by Gasteiger charge is 2.22. The number of ether oxygens (including phenoxy) is 1. The molecule has 7 nitrogen and oxygen atoms in total. The molecule has 0 aromatic carbocycles. The normalized spacial score (nSPS) is 12.0. The van der Waals surface area contributed by atoms with Crippen molar-refractivity contribution in [3.8, 4) is 0 Å². The van der Waals surface area contributed by atoms with Gasteiger partial charge < -0.3 is 19.6 Å². The third-order valence-corrected chi connectivity index (χ3v) is 2.18. The fourth-order valence-electron chi connectivity index (χ4n) is 1.04. The lowest BCUT2D eigenvalue weighted by Gasteiger charge is -2.16. The van der Waals surface area contributed by atoms with Crippen LogP contribution in [0.1, 0.15) is 12.8 Å². The summed E-state index contributed by atoms with van der Waals surface area (Å²) < 4.78 is 4.79. The lowest BCUT2D eigenvalue weighted by atomic mass is 10.2. The molecular weight excluding hydrogens is 252 g/mol. The van der Waals surface area contributed by atoms with Crippen LogP contribution in [0.25, 0.3) is 0 Å². The summed E-state index contributed by atoms with van der Waals surface area (Å²) in [6.45, 7) is 0. The zero-order chi connectivity index (χ0) is 15.0. The van der Waals surface area contributed by atoms with Gasteiger partial charge in [0.1, 0.15) is 0 Å². The van der Waals surface area contributed by atoms with E-state index in [4.69, 9.17) is 9.84 Å². The lowest BCUT2D eigenvalue weighted by Crippen LogP contribution is -2.32. The van der Waals surface area contributed by atoms with Crippen molar-refractivity contribution in [1.29, 1.82) is 0 Å². The van der Waals surface area contributed by atoms with Crippen molar-refractivity contribution in [2.75, 3.05) is 28.2 Å². The van der Waals surface area contributed by atoms with E-state index in [0.717, 1.165) is 4.90 Å². The number of likely N-dealkylation sites (N-methyl/N-ethyl adjacent to an activating group) is 1. The molecule has 0 fully saturated rings. The topological polar surface area (TPSA) is 87.2 Å². The quantitative estimate of drug-likeness (QED) is 0.714. The van der Waals surface area contributed by atoms with Crippen LogP contribution < -0.4 is 0 Å². The van der Waals surface area contributed by atoms with Gasteiger partial charge in [-0.1, -0.05) is 6.08 Å². The fraction of sp³-hybridized carbons (Fsp3) is 0.583. The second-order valence-corrected chi connectivity index (χ2v) is 4.32. The fourth-order valence-corrected chi connectivity index (χ4v) is 1.04. The van der Waals surface area contributed by atoms with E-state index in [1.54, 1.807) is 20.2 Å². The number of carbonyl (C=O) groups excluding carboxylic acids is 2. The van der Waals surface area contributed by atoms with E-state index < -0.39 is 18.2 Å². The minimum Gasteiger partial charge on any atom is -0.479 e. The Kier molecular flexibility index (Phi) is 7.25. The summed E-state index contributed by atoms with van der Waals surface area (Å²) >= 11 is 0. The molecule has 0 aliphatic carbocycles. The van der Waals surface area contributed by atoms with E-state index in [2.05, 4.69) is 0 Å². The van der Waals surface area contributed by atoms with Crippen LogP contribution in [-0.4, -0.2) is 67.2 Å². The monoisotopic (exact) mass is 272 g/mol. The predicted octanol–water partition coefficient (Wildman–Crippen LogP) is 0.562. The van der Waals surface area contributed by atoms with Crippen molar-refractivity contribution in [2.45, 2.75) is 18.9 Å². The van der Waals surface area contributed by atoms with Crippen molar-refractivity contribution in [3.63, 3.8) is 0 Å². The van der Waals surface area contributed by atoms with Crippen LogP contribution in [0.4, 0.5) is 4.79 Å². The van der Waals surface area contributed by atoms with Crippen molar-refractivity contribution in [2.24, 2.45) is 0 Å². The van der Waals surface area contributed by atoms with Gasteiger partial charge >= 0.3 is 12.1 Å². The van der Waals surface area contributed by atoms with Gasteiger partial charge in [0, 0.05) is 28.2 Å². The summed E-state index contributed by atoms with van der Waals surface area (Å²) in [5, 5.41) is 8.91. The molecule has 0 aliphatic heterocycles. The standard InChI is InChI=1S/C12H20N2O5/c1-13(2)10(15)8-6-5-7-9(11(16)17)19-12(18)14(3)4/h6,8-9H,5,7H2,1-4H3,(H,16,17)/b8-6+. The summed E-state index contributed by atoms with van der Waals surface area (Å²) in [5.41, 5.74) is 0. The van der Waals surface area contributed by atoms with Crippen LogP contribution in [0.2, 0.25) is 0 Å². The maximum atomic E-state index is 11.2. The molecule has 2 amide bonds. The summed E-state index contributed by atoms with van der Waals surface area (Å²) in [5.74, 6) is -1.39. The molecule has 108 valence electrons. The zero-order valence-electron chi connectivity index (χ0n) is 11.6. The van der Waals surface area contributed by atoms with E-state index >= 15 is 0 Å². The van der Waals surface area contributed by atoms with Gasteiger partial charge in [0.2, 0.25) is 12.0 Å². The number of hydrogen-bond acceptors (Lipinski definition) is 4. The number of carbonyl (C=O) groups is 3. The van der Waals surface area contributed by atoms with Crippen molar-refractivity contribution >= 4 is 18.0 Å². The Hall–Kier alpha value is -2.05. The molecule has 0 heterocycles. The number of amides is 2. The summed E-state index contributed by atoms with van der Waals surface area (Å²) in [6, 6.07) is 0. The summed E-state index contributed by atoms with van der Waals surface area (Å²) in [4.78, 5) is 35.9. The van der Waals surface area contributed by atoms with E-state index in [1.165, 1.54) is 25.1 Å². The van der Waals surface area contributed by atoms with Gasteiger partial charge in [0.25, 0.3) is 0 Å². The molecule has 0 radical (unpaired) electrons. The minimum atomic E-state index is -1.21. The molecule has 0 rings (SSSR count). The second-order valence-electron chi connectivity index (χ2n) is 4.32. The van der Waals surface area contributed by atoms with Crippen molar-refractivity contribution in [3.05, 3.63) is 12.2 Å². The Bertz CT molecular complexity index is 363. The number of rotatable bonds is 6. The summed E-state index contributed by atoms with van der Waals surface area (Å²) in [6.07, 6.45) is 1.44. The maximum Gasteiger partial charge on any atom is 0.410 e. The SMILES string of the molecule is CN(C)C(=O)/C=C/CCC(OC(=O)N(C)C)C(=O)O. The molecular formula is C12H20N2O5. The molecule has 0 bridgehead atoms. The van der Waals surface area contributed by atoms with Crippen LogP contribution in [0, 0.1) is 0 Å². The van der Waals surface area contributed by atoms with Crippen LogP contribution >= 0.6 is 0 Å². The van der Waals surface area contributed by atoms with Gasteiger partial charge in [-0.25, -0.2) is 9.59 Å². The molecule has 0 aliphatic rings. The molecule has 19 heavy (non-hydrogen) atoms. The van der Waals surface area contributed by atoms with Crippen LogP contribution in [0.15, 0.2) is 12.2 Å². The smallest absolute Gasteiger partial charge is 0.410 e. The molecule has 1 N–H and O–H groups in total. The maximum absolute atomic E-state index is 11.2. The molecule has 1 atom stereocenters. The first-order valence-corrected chi connectivity index (χ1v) is 5.74. The van der Waals surface area contributed by atoms with E-state index in [0.29, 0.717) is 6.42 Å². The minimum absolute atomic E-state index is 0.117. The Labute approximate surface area is 112 Å². The number of nitrogens with zero attached hydrogens (tertiary/aromatic N) is 2. The number of hydrogen-bond donors (Lipinski definition) is 1. The third-order valence-electron chi connectivity index (χ3n) is 2.18. The number of carboxylic acid groups (broad SMARTS) is 1. The average molecular weight is 272 g/mol. The Balaban J connectivity index is 4.27. The predicted molar refractivity (Wildman–Crippen MR) is 68.7 cm³/mol. The zero-order valence-corrected chi connectivity index (χ0v) is 11.6. The highest BCUT2D eigenvalue weighted by atomic mass is 16.6. The first kappa shape index (κ1) is 16.9. The molecule has 7 heteroatoms. The van der Waals surface area contributed by atoms with E-state index in [-0.39, 0.29) is 12.3 Å². The first-order chi connectivity index (χ1) is 8.75. The molecule has 0 aromatic rings. The van der Waals surface area contributed by atoms with Gasteiger partial charge in [0.15, 0.2) is 0 Å². The highest BCUT2D eigenvalue weighted by molar-refractivity contribution is 5.87. The third kappa shape index (κ3) is 7.07. The van der Waals surface area contributed by atoms with Crippen LogP contribution in [0.5, 0.6) is 0 Å². The first-order valence-electron chi connectivity index (χ1n) is 5.74. The van der Waals surface area contributed by atoms with Gasteiger partial charge in [0.05, 0.1) is 0 Å². The molecule has 0 saturated carbocycles. The number of aliphatic carboxylic acids is 1. The average Bonchev–Trinajstić information content (AvgIpc) is 2.31. The molecule has 0 spiro atoms. The number of carboxylic acids is 1. The van der Waals surface area contributed by atoms with Crippen LogP contribution in [0.3, 0.4) is 0 Å². The highest BCUT2D eigenvalue weighted by Crippen LogP contribution is 2.06. The molecule has 0 saturated heterocycles. The second kappa shape index (κ2) is 8.12. The number of allylic oxidation sites excluding steroid dienone is 1.